The molecule has 3 nitrogen and oxygen atoms in total. The van der Waals surface area contributed by atoms with Gasteiger partial charge in [0.15, 0.2) is 0 Å². The number of aryl methyl sites for hydroxylation is 1. The lowest BCUT2D eigenvalue weighted by Crippen LogP contribution is -2.32. The van der Waals surface area contributed by atoms with Gasteiger partial charge in [0.1, 0.15) is 0 Å². The number of nitrogens with one attached hydrogen (secondary N) is 1. The van der Waals surface area contributed by atoms with Gasteiger partial charge in [-0.25, -0.2) is 0 Å². The molecule has 0 aliphatic carbocycles. The maximum Gasteiger partial charge on any atom is 0.223 e. The van der Waals surface area contributed by atoms with E-state index in [-0.39, 0.29) is 17.8 Å². The van der Waals surface area contributed by atoms with Gasteiger partial charge in [-0.1, -0.05) is 37.3 Å². The molecule has 1 amide bonds. The van der Waals surface area contributed by atoms with E-state index < -0.39 is 0 Å². The van der Waals surface area contributed by atoms with Crippen LogP contribution in [0.5, 0.6) is 0 Å². The highest BCUT2D eigenvalue weighted by molar-refractivity contribution is 5.85. The molecule has 21 heavy (non-hydrogen) atoms. The van der Waals surface area contributed by atoms with Crippen molar-refractivity contribution >= 4 is 18.3 Å². The summed E-state index contributed by atoms with van der Waals surface area (Å²) in [6, 6.07) is 10.6. The second-order valence-electron chi connectivity index (χ2n) is 6.22. The van der Waals surface area contributed by atoms with Crippen molar-refractivity contribution in [3.05, 3.63) is 35.9 Å². The van der Waals surface area contributed by atoms with Crippen LogP contribution in [0, 0.1) is 5.41 Å². The number of carbonyl (C=O) groups excluding carboxylic acids is 1. The summed E-state index contributed by atoms with van der Waals surface area (Å²) in [5.41, 5.74) is 1.68. The molecule has 1 unspecified atom stereocenters. The molecule has 1 atom stereocenters. The fourth-order valence-corrected chi connectivity index (χ4v) is 2.92. The van der Waals surface area contributed by atoms with Crippen LogP contribution in [0.1, 0.15) is 31.7 Å². The minimum atomic E-state index is 0. The molecule has 1 fully saturated rings. The molecule has 1 aromatic carbocycles. The van der Waals surface area contributed by atoms with Crippen LogP contribution in [0.4, 0.5) is 0 Å². The van der Waals surface area contributed by atoms with E-state index in [4.69, 9.17) is 0 Å². The van der Waals surface area contributed by atoms with Gasteiger partial charge in [-0.05, 0) is 37.3 Å². The third-order valence-corrected chi connectivity index (χ3v) is 4.36. The van der Waals surface area contributed by atoms with Gasteiger partial charge < -0.3 is 10.2 Å². The molecule has 0 aromatic heterocycles. The van der Waals surface area contributed by atoms with Crippen molar-refractivity contribution in [3.63, 3.8) is 0 Å². The molecule has 1 aliphatic rings. The van der Waals surface area contributed by atoms with Gasteiger partial charge in [0, 0.05) is 26.1 Å². The number of hydrogen-bond acceptors (Lipinski definition) is 2. The summed E-state index contributed by atoms with van der Waals surface area (Å²) in [6.07, 6.45) is 4.01. The van der Waals surface area contributed by atoms with Crippen LogP contribution < -0.4 is 5.32 Å². The fraction of sp³-hybridized carbons (Fsp3) is 0.588. The van der Waals surface area contributed by atoms with Gasteiger partial charge in [-0.15, -0.1) is 12.4 Å². The molecule has 0 saturated carbocycles. The zero-order valence-electron chi connectivity index (χ0n) is 13.1. The van der Waals surface area contributed by atoms with Crippen molar-refractivity contribution in [2.45, 2.75) is 32.6 Å². The fourth-order valence-electron chi connectivity index (χ4n) is 2.92. The summed E-state index contributed by atoms with van der Waals surface area (Å²) >= 11 is 0. The van der Waals surface area contributed by atoms with E-state index in [9.17, 15) is 4.79 Å². The molecule has 118 valence electrons. The normalized spacial score (nSPS) is 21.1. The number of benzene rings is 1. The topological polar surface area (TPSA) is 32.3 Å². The lowest BCUT2D eigenvalue weighted by atomic mass is 9.83. The Kier molecular flexibility index (Phi) is 7.20. The Morgan fingerprint density at radius 2 is 2.05 bits per heavy atom. The summed E-state index contributed by atoms with van der Waals surface area (Å²) in [5.74, 6) is 0.294. The standard InChI is InChI=1S/C17H26N2O.ClH/c1-17(10-8-15-6-4-3-5-7-15)11-13-19(14-17)16(20)9-12-18-2;/h3-7,18H,8-14H2,1-2H3;1H. The Hall–Kier alpha value is -1.06. The van der Waals surface area contributed by atoms with Crippen LogP contribution in [0.15, 0.2) is 30.3 Å². The van der Waals surface area contributed by atoms with Crippen LogP contribution in [0.3, 0.4) is 0 Å². The van der Waals surface area contributed by atoms with Gasteiger partial charge in [-0.2, -0.15) is 0 Å². The lowest BCUT2D eigenvalue weighted by molar-refractivity contribution is -0.130. The van der Waals surface area contributed by atoms with E-state index in [2.05, 4.69) is 42.6 Å². The van der Waals surface area contributed by atoms with Crippen LogP contribution in [0.2, 0.25) is 0 Å². The first-order valence-corrected chi connectivity index (χ1v) is 7.59. The largest absolute Gasteiger partial charge is 0.342 e. The highest BCUT2D eigenvalue weighted by atomic mass is 35.5. The number of amides is 1. The second-order valence-corrected chi connectivity index (χ2v) is 6.22. The number of likely N-dealkylation sites (tertiary alicyclic amines) is 1. The first kappa shape index (κ1) is 18.0. The number of nitrogens with zero attached hydrogens (tertiary/aromatic N) is 1. The first-order valence-electron chi connectivity index (χ1n) is 7.59. The predicted molar refractivity (Wildman–Crippen MR) is 89.9 cm³/mol. The van der Waals surface area contributed by atoms with Crippen LogP contribution in [-0.2, 0) is 11.2 Å². The summed E-state index contributed by atoms with van der Waals surface area (Å²) in [4.78, 5) is 14.1. The van der Waals surface area contributed by atoms with Gasteiger partial charge in [-0.3, -0.25) is 4.79 Å². The molecular formula is C17H27ClN2O. The quantitative estimate of drug-likeness (QED) is 0.876. The smallest absolute Gasteiger partial charge is 0.223 e. The SMILES string of the molecule is CNCCC(=O)N1CCC(C)(CCc2ccccc2)C1.Cl. The third-order valence-electron chi connectivity index (χ3n) is 4.36. The Morgan fingerprint density at radius 1 is 1.33 bits per heavy atom. The van der Waals surface area contributed by atoms with E-state index in [0.29, 0.717) is 12.3 Å². The van der Waals surface area contributed by atoms with Crippen molar-refractivity contribution in [1.29, 1.82) is 0 Å². The van der Waals surface area contributed by atoms with Crippen LogP contribution in [0.25, 0.3) is 0 Å². The van der Waals surface area contributed by atoms with E-state index in [1.807, 2.05) is 11.9 Å². The summed E-state index contributed by atoms with van der Waals surface area (Å²) in [6.45, 7) is 4.94. The third kappa shape index (κ3) is 5.33. The van der Waals surface area contributed by atoms with Crippen molar-refractivity contribution in [3.8, 4) is 0 Å². The van der Waals surface area contributed by atoms with Crippen molar-refractivity contribution in [1.82, 2.24) is 10.2 Å². The minimum Gasteiger partial charge on any atom is -0.342 e. The van der Waals surface area contributed by atoms with E-state index in [1.165, 1.54) is 5.56 Å². The Bertz CT molecular complexity index is 438. The first-order chi connectivity index (χ1) is 9.63. The predicted octanol–water partition coefficient (Wildman–Crippen LogP) is 2.89. The molecule has 2 rings (SSSR count). The summed E-state index contributed by atoms with van der Waals surface area (Å²) < 4.78 is 0. The zero-order chi connectivity index (χ0) is 14.4. The van der Waals surface area contributed by atoms with E-state index in [1.54, 1.807) is 0 Å². The highest BCUT2D eigenvalue weighted by Gasteiger charge is 2.35. The lowest BCUT2D eigenvalue weighted by Gasteiger charge is -2.24. The number of halogens is 1. The average molecular weight is 311 g/mol. The molecular weight excluding hydrogens is 284 g/mol. The van der Waals surface area contributed by atoms with Gasteiger partial charge in [0.05, 0.1) is 0 Å². The highest BCUT2D eigenvalue weighted by Crippen LogP contribution is 2.34. The Morgan fingerprint density at radius 3 is 2.71 bits per heavy atom. The Labute approximate surface area is 134 Å². The maximum absolute atomic E-state index is 12.1. The molecule has 1 N–H and O–H groups in total. The van der Waals surface area contributed by atoms with Crippen molar-refractivity contribution in [2.24, 2.45) is 5.41 Å². The summed E-state index contributed by atoms with van der Waals surface area (Å²) in [5, 5.41) is 3.04. The van der Waals surface area contributed by atoms with Gasteiger partial charge >= 0.3 is 0 Å². The Balaban J connectivity index is 0.00000220. The molecule has 1 saturated heterocycles. The molecule has 1 aliphatic heterocycles. The van der Waals surface area contributed by atoms with E-state index >= 15 is 0 Å². The molecule has 0 radical (unpaired) electrons. The maximum atomic E-state index is 12.1. The van der Waals surface area contributed by atoms with Crippen LogP contribution in [-0.4, -0.2) is 37.5 Å². The number of carbonyl (C=O) groups is 1. The second kappa shape index (κ2) is 8.40. The molecule has 4 heteroatoms. The van der Waals surface area contributed by atoms with Crippen LogP contribution >= 0.6 is 12.4 Å². The van der Waals surface area contributed by atoms with Gasteiger partial charge in [0.25, 0.3) is 0 Å². The number of hydrogen-bond donors (Lipinski definition) is 1. The molecule has 1 aromatic rings. The monoisotopic (exact) mass is 310 g/mol. The molecule has 1 heterocycles. The summed E-state index contributed by atoms with van der Waals surface area (Å²) in [7, 11) is 1.89. The molecule has 0 bridgehead atoms. The average Bonchev–Trinajstić information content (AvgIpc) is 2.87. The molecule has 0 spiro atoms. The zero-order valence-corrected chi connectivity index (χ0v) is 13.9. The van der Waals surface area contributed by atoms with Gasteiger partial charge in [0.2, 0.25) is 5.91 Å². The van der Waals surface area contributed by atoms with Crippen molar-refractivity contribution in [2.75, 3.05) is 26.7 Å². The minimum absolute atomic E-state index is 0. The van der Waals surface area contributed by atoms with E-state index in [0.717, 1.165) is 38.9 Å². The van der Waals surface area contributed by atoms with Crippen molar-refractivity contribution < 1.29 is 4.79 Å². The number of rotatable bonds is 6.